The molecule has 0 aromatic heterocycles. The molecule has 3 aromatic rings. The first kappa shape index (κ1) is 23.9. The number of hydrogen-bond donors (Lipinski definition) is 1. The Hall–Kier alpha value is -3.20. The number of carbonyl (C=O) groups excluding carboxylic acids is 1. The van der Waals surface area contributed by atoms with Crippen LogP contribution in [0.5, 0.6) is 11.5 Å². The van der Waals surface area contributed by atoms with Crippen LogP contribution in [0.1, 0.15) is 35.2 Å². The van der Waals surface area contributed by atoms with E-state index in [1.54, 1.807) is 43.5 Å². The Kier molecular flexibility index (Phi) is 7.62. The molecule has 1 fully saturated rings. The van der Waals surface area contributed by atoms with Crippen LogP contribution in [0.25, 0.3) is 0 Å². The normalized spacial score (nSPS) is 14.5. The van der Waals surface area contributed by atoms with E-state index in [1.807, 2.05) is 24.3 Å². The molecule has 178 valence electrons. The van der Waals surface area contributed by atoms with Crippen molar-refractivity contribution in [3.05, 3.63) is 83.9 Å². The molecule has 0 aliphatic carbocycles. The van der Waals surface area contributed by atoms with E-state index in [0.29, 0.717) is 36.8 Å². The molecular formula is C26H28N2O5S. The van der Waals surface area contributed by atoms with Gasteiger partial charge in [0.1, 0.15) is 5.75 Å². The summed E-state index contributed by atoms with van der Waals surface area (Å²) in [7, 11) is -2.09. The zero-order valence-electron chi connectivity index (χ0n) is 19.1. The van der Waals surface area contributed by atoms with Crippen molar-refractivity contribution in [3.8, 4) is 11.5 Å². The summed E-state index contributed by atoms with van der Waals surface area (Å²) in [6, 6.07) is 20.8. The summed E-state index contributed by atoms with van der Waals surface area (Å²) in [5, 5.41) is 2.84. The number of benzene rings is 3. The second-order valence-electron chi connectivity index (χ2n) is 8.13. The van der Waals surface area contributed by atoms with Crippen LogP contribution in [0, 0.1) is 0 Å². The fourth-order valence-corrected chi connectivity index (χ4v) is 5.43. The minimum Gasteiger partial charge on any atom is -0.455 e. The summed E-state index contributed by atoms with van der Waals surface area (Å²) in [6.07, 6.45) is 2.71. The van der Waals surface area contributed by atoms with Crippen molar-refractivity contribution in [1.29, 1.82) is 0 Å². The number of rotatable bonds is 8. The van der Waals surface area contributed by atoms with Gasteiger partial charge in [-0.2, -0.15) is 4.31 Å². The van der Waals surface area contributed by atoms with Crippen LogP contribution in [0.3, 0.4) is 0 Å². The van der Waals surface area contributed by atoms with Crippen molar-refractivity contribution in [2.45, 2.75) is 30.8 Å². The Morgan fingerprint density at radius 1 is 0.941 bits per heavy atom. The van der Waals surface area contributed by atoms with Gasteiger partial charge in [0.2, 0.25) is 10.0 Å². The number of ether oxygens (including phenoxy) is 2. The molecule has 34 heavy (non-hydrogen) atoms. The Morgan fingerprint density at radius 2 is 1.71 bits per heavy atom. The largest absolute Gasteiger partial charge is 0.455 e. The molecule has 1 amide bonds. The third kappa shape index (κ3) is 5.64. The lowest BCUT2D eigenvalue weighted by atomic mass is 10.1. The molecule has 1 aliphatic rings. The Bertz CT molecular complexity index is 1240. The topological polar surface area (TPSA) is 84.9 Å². The summed E-state index contributed by atoms with van der Waals surface area (Å²) in [5.41, 5.74) is 1.57. The van der Waals surface area contributed by atoms with Crippen LogP contribution in [0.4, 0.5) is 5.69 Å². The monoisotopic (exact) mass is 480 g/mol. The molecule has 4 rings (SSSR count). The van der Waals surface area contributed by atoms with Crippen LogP contribution in [0.2, 0.25) is 0 Å². The van der Waals surface area contributed by atoms with Gasteiger partial charge in [0.25, 0.3) is 5.91 Å². The summed E-state index contributed by atoms with van der Waals surface area (Å²) < 4.78 is 39.1. The first-order valence-electron chi connectivity index (χ1n) is 11.2. The number of anilines is 1. The summed E-state index contributed by atoms with van der Waals surface area (Å²) >= 11 is 0. The van der Waals surface area contributed by atoms with E-state index in [2.05, 4.69) is 5.32 Å². The van der Waals surface area contributed by atoms with E-state index < -0.39 is 10.0 Å². The highest BCUT2D eigenvalue weighted by Gasteiger charge is 2.27. The number of methoxy groups -OCH3 is 1. The number of piperidine rings is 1. The molecule has 0 spiro atoms. The number of nitrogens with one attached hydrogen (secondary N) is 1. The lowest BCUT2D eigenvalue weighted by molar-refractivity contribution is 0.102. The zero-order valence-corrected chi connectivity index (χ0v) is 19.9. The van der Waals surface area contributed by atoms with Gasteiger partial charge < -0.3 is 14.8 Å². The average molecular weight is 481 g/mol. The molecule has 1 saturated heterocycles. The molecule has 1 N–H and O–H groups in total. The first-order chi connectivity index (χ1) is 16.5. The highest BCUT2D eigenvalue weighted by molar-refractivity contribution is 7.89. The molecule has 0 bridgehead atoms. The fraction of sp³-hybridized carbons (Fsp3) is 0.269. The highest BCUT2D eigenvalue weighted by Crippen LogP contribution is 2.33. The van der Waals surface area contributed by atoms with Gasteiger partial charge in [-0.25, -0.2) is 8.42 Å². The van der Waals surface area contributed by atoms with Crippen LogP contribution < -0.4 is 10.1 Å². The van der Waals surface area contributed by atoms with Crippen LogP contribution >= 0.6 is 0 Å². The summed E-state index contributed by atoms with van der Waals surface area (Å²) in [4.78, 5) is 13.2. The predicted molar refractivity (Wildman–Crippen MR) is 131 cm³/mol. The number of nitrogens with zero attached hydrogens (tertiary/aromatic N) is 1. The lowest BCUT2D eigenvalue weighted by Gasteiger charge is -2.26. The summed E-state index contributed by atoms with van der Waals surface area (Å²) in [5.74, 6) is 0.556. The second-order valence-corrected chi connectivity index (χ2v) is 10.1. The van der Waals surface area contributed by atoms with Gasteiger partial charge >= 0.3 is 0 Å². The summed E-state index contributed by atoms with van der Waals surface area (Å²) in [6.45, 7) is 1.38. The number of hydrogen-bond acceptors (Lipinski definition) is 5. The van der Waals surface area contributed by atoms with Crippen molar-refractivity contribution in [3.63, 3.8) is 0 Å². The SMILES string of the molecule is COCc1cccc(C(=O)Nc2cc(S(=O)(=O)N3CCCCC3)ccc2Oc2ccccc2)c1. The van der Waals surface area contributed by atoms with Gasteiger partial charge in [-0.1, -0.05) is 36.8 Å². The van der Waals surface area contributed by atoms with Crippen molar-refractivity contribution in [2.24, 2.45) is 0 Å². The molecule has 8 heteroatoms. The maximum Gasteiger partial charge on any atom is 0.255 e. The van der Waals surface area contributed by atoms with Crippen molar-refractivity contribution >= 4 is 21.6 Å². The smallest absolute Gasteiger partial charge is 0.255 e. The Balaban J connectivity index is 1.67. The molecule has 1 heterocycles. The highest BCUT2D eigenvalue weighted by atomic mass is 32.2. The molecule has 1 aliphatic heterocycles. The molecule has 0 radical (unpaired) electrons. The number of sulfonamides is 1. The third-order valence-corrected chi connectivity index (χ3v) is 7.52. The molecule has 0 saturated carbocycles. The van der Waals surface area contributed by atoms with E-state index in [1.165, 1.54) is 16.4 Å². The standard InChI is InChI=1S/C26H28N2O5S/c1-32-19-20-9-8-10-21(17-20)26(29)27-24-18-23(34(30,31)28-15-6-3-7-16-28)13-14-25(24)33-22-11-4-2-5-12-22/h2,4-5,8-14,17-18H,3,6-7,15-16,19H2,1H3,(H,27,29). The van der Waals surface area contributed by atoms with E-state index in [0.717, 1.165) is 24.8 Å². The Labute approximate surface area is 200 Å². The van der Waals surface area contributed by atoms with Gasteiger partial charge in [0.05, 0.1) is 17.2 Å². The maximum atomic E-state index is 13.2. The van der Waals surface area contributed by atoms with Crippen LogP contribution in [-0.2, 0) is 21.4 Å². The fourth-order valence-electron chi connectivity index (χ4n) is 3.89. The molecule has 7 nitrogen and oxygen atoms in total. The minimum atomic E-state index is -3.68. The van der Waals surface area contributed by atoms with Gasteiger partial charge in [-0.15, -0.1) is 0 Å². The Morgan fingerprint density at radius 3 is 2.44 bits per heavy atom. The average Bonchev–Trinajstić information content (AvgIpc) is 2.86. The van der Waals surface area contributed by atoms with Crippen molar-refractivity contribution in [2.75, 3.05) is 25.5 Å². The van der Waals surface area contributed by atoms with E-state index >= 15 is 0 Å². The van der Waals surface area contributed by atoms with Crippen molar-refractivity contribution in [1.82, 2.24) is 4.31 Å². The third-order valence-electron chi connectivity index (χ3n) is 5.62. The maximum absolute atomic E-state index is 13.2. The minimum absolute atomic E-state index is 0.123. The van der Waals surface area contributed by atoms with Crippen molar-refractivity contribution < 1.29 is 22.7 Å². The van der Waals surface area contributed by atoms with Crippen LogP contribution in [0.15, 0.2) is 77.7 Å². The van der Waals surface area contributed by atoms with E-state index in [-0.39, 0.29) is 16.5 Å². The van der Waals surface area contributed by atoms with Gasteiger partial charge in [0, 0.05) is 25.8 Å². The second kappa shape index (κ2) is 10.8. The van der Waals surface area contributed by atoms with Gasteiger partial charge in [-0.3, -0.25) is 4.79 Å². The number of amides is 1. The molecule has 3 aromatic carbocycles. The number of carbonyl (C=O) groups is 1. The molecular weight excluding hydrogens is 452 g/mol. The van der Waals surface area contributed by atoms with E-state index in [9.17, 15) is 13.2 Å². The predicted octanol–water partition coefficient (Wildman–Crippen LogP) is 5.05. The van der Waals surface area contributed by atoms with Crippen LogP contribution in [-0.4, -0.2) is 38.8 Å². The quantitative estimate of drug-likeness (QED) is 0.488. The van der Waals surface area contributed by atoms with E-state index in [4.69, 9.17) is 9.47 Å². The molecule has 0 atom stereocenters. The van der Waals surface area contributed by atoms with Gasteiger partial charge in [0.15, 0.2) is 5.75 Å². The molecule has 0 unspecified atom stereocenters. The number of para-hydroxylation sites is 1. The zero-order chi connectivity index (χ0) is 24.0. The van der Waals surface area contributed by atoms with Gasteiger partial charge in [-0.05, 0) is 60.9 Å². The lowest BCUT2D eigenvalue weighted by Crippen LogP contribution is -2.35. The first-order valence-corrected chi connectivity index (χ1v) is 12.7.